The second kappa shape index (κ2) is 8.58. The van der Waals surface area contributed by atoms with E-state index in [1.807, 2.05) is 49.1 Å². The predicted octanol–water partition coefficient (Wildman–Crippen LogP) is 3.44. The Morgan fingerprint density at radius 2 is 1.77 bits per heavy atom. The Morgan fingerprint density at radius 1 is 1.03 bits per heavy atom. The first-order valence-electron chi connectivity index (χ1n) is 9.69. The smallest absolute Gasteiger partial charge is 0.230 e. The van der Waals surface area contributed by atoms with Crippen LogP contribution in [0.3, 0.4) is 0 Å². The molecule has 2 aromatic heterocycles. The van der Waals surface area contributed by atoms with E-state index < -0.39 is 5.95 Å². The van der Waals surface area contributed by atoms with Crippen molar-refractivity contribution >= 4 is 17.6 Å². The maximum Gasteiger partial charge on any atom is 0.230 e. The third-order valence-corrected chi connectivity index (χ3v) is 4.72. The number of morpholine rings is 1. The Hall–Kier alpha value is -3.33. The van der Waals surface area contributed by atoms with Crippen molar-refractivity contribution in [2.45, 2.75) is 26.1 Å². The summed E-state index contributed by atoms with van der Waals surface area (Å²) < 4.78 is 25.1. The van der Waals surface area contributed by atoms with Crippen molar-refractivity contribution in [3.05, 3.63) is 48.5 Å². The van der Waals surface area contributed by atoms with Crippen LogP contribution in [0.1, 0.15) is 13.8 Å². The molecule has 9 heteroatoms. The van der Waals surface area contributed by atoms with Gasteiger partial charge in [0, 0.05) is 24.7 Å². The van der Waals surface area contributed by atoms with E-state index in [0.717, 1.165) is 16.9 Å². The van der Waals surface area contributed by atoms with Crippen molar-refractivity contribution in [2.75, 3.05) is 30.4 Å². The van der Waals surface area contributed by atoms with Gasteiger partial charge in [-0.25, -0.2) is 0 Å². The maximum absolute atomic E-state index is 14.2. The number of rotatable bonds is 5. The minimum atomic E-state index is -0.617. The first kappa shape index (κ1) is 20.0. The molecule has 3 aromatic rings. The normalized spacial score (nSPS) is 18.9. The molecule has 0 unspecified atom stereocenters. The zero-order valence-corrected chi connectivity index (χ0v) is 17.0. The minimum absolute atomic E-state index is 0.0177. The van der Waals surface area contributed by atoms with Gasteiger partial charge in [0.1, 0.15) is 11.6 Å². The summed E-state index contributed by atoms with van der Waals surface area (Å²) >= 11 is 0. The number of hydrogen-bond acceptors (Lipinski definition) is 8. The van der Waals surface area contributed by atoms with Gasteiger partial charge in [-0.3, -0.25) is 0 Å². The summed E-state index contributed by atoms with van der Waals surface area (Å²) in [5.41, 5.74) is 1.82. The number of hydrogen-bond donors (Lipinski definition) is 1. The monoisotopic (exact) mass is 410 g/mol. The summed E-state index contributed by atoms with van der Waals surface area (Å²) in [4.78, 5) is 10.3. The van der Waals surface area contributed by atoms with Gasteiger partial charge in [0.05, 0.1) is 25.5 Å². The number of anilines is 3. The molecular weight excluding hydrogens is 387 g/mol. The van der Waals surface area contributed by atoms with Crippen molar-refractivity contribution in [1.29, 1.82) is 0 Å². The zero-order valence-electron chi connectivity index (χ0n) is 17.0. The van der Waals surface area contributed by atoms with Gasteiger partial charge in [-0.2, -0.15) is 19.5 Å². The SMILES string of the molecule is COc1ccc(-c2cnnc(Nc3cc(F)nc(N4C[C@@H](C)O[C@@H](C)C4)n3)c2)cc1. The van der Waals surface area contributed by atoms with Crippen molar-refractivity contribution in [3.8, 4) is 16.9 Å². The summed E-state index contributed by atoms with van der Waals surface area (Å²) in [5.74, 6) is 1.24. The summed E-state index contributed by atoms with van der Waals surface area (Å²) in [6.45, 7) is 5.14. The third-order valence-electron chi connectivity index (χ3n) is 4.72. The van der Waals surface area contributed by atoms with Gasteiger partial charge in [0.25, 0.3) is 0 Å². The van der Waals surface area contributed by atoms with E-state index in [-0.39, 0.29) is 12.2 Å². The average Bonchev–Trinajstić information content (AvgIpc) is 2.73. The molecule has 0 saturated carbocycles. The van der Waals surface area contributed by atoms with Crippen LogP contribution in [0.5, 0.6) is 5.75 Å². The lowest BCUT2D eigenvalue weighted by Gasteiger charge is -2.35. The number of benzene rings is 1. The molecule has 8 nitrogen and oxygen atoms in total. The summed E-state index contributed by atoms with van der Waals surface area (Å²) in [7, 11) is 1.62. The second-order valence-corrected chi connectivity index (χ2v) is 7.22. The third kappa shape index (κ3) is 4.62. The molecule has 1 aliphatic heterocycles. The van der Waals surface area contributed by atoms with Crippen molar-refractivity contribution in [2.24, 2.45) is 0 Å². The number of nitrogens with zero attached hydrogens (tertiary/aromatic N) is 5. The molecule has 0 aliphatic carbocycles. The number of halogens is 1. The molecule has 1 saturated heterocycles. The highest BCUT2D eigenvalue weighted by Gasteiger charge is 2.24. The maximum atomic E-state index is 14.2. The van der Waals surface area contributed by atoms with E-state index in [1.54, 1.807) is 13.3 Å². The molecule has 2 atom stereocenters. The molecule has 1 aromatic carbocycles. The standard InChI is InChI=1S/C21H23FN6O2/c1-13-11-28(12-14(2)30-13)21-24-18(22)9-19(26-21)25-20-8-16(10-23-27-20)15-4-6-17(29-3)7-5-15/h4-10,13-14H,11-12H2,1-3H3,(H,24,25,26,27)/t13-,14+. The van der Waals surface area contributed by atoms with Gasteiger partial charge in [-0.1, -0.05) is 12.1 Å². The molecule has 0 amide bonds. The molecule has 156 valence electrons. The van der Waals surface area contributed by atoms with Gasteiger partial charge in [0.15, 0.2) is 5.82 Å². The highest BCUT2D eigenvalue weighted by atomic mass is 19.1. The lowest BCUT2D eigenvalue weighted by molar-refractivity contribution is -0.00576. The zero-order chi connectivity index (χ0) is 21.1. The van der Waals surface area contributed by atoms with E-state index >= 15 is 0 Å². The van der Waals surface area contributed by atoms with Crippen molar-refractivity contribution < 1.29 is 13.9 Å². The summed E-state index contributed by atoms with van der Waals surface area (Å²) in [6, 6.07) is 10.7. The van der Waals surface area contributed by atoms with Gasteiger partial charge >= 0.3 is 0 Å². The lowest BCUT2D eigenvalue weighted by atomic mass is 10.1. The van der Waals surface area contributed by atoms with Crippen LogP contribution in [0.15, 0.2) is 42.6 Å². The highest BCUT2D eigenvalue weighted by molar-refractivity contribution is 5.67. The van der Waals surface area contributed by atoms with E-state index in [0.29, 0.717) is 30.7 Å². The molecular formula is C21H23FN6O2. The van der Waals surface area contributed by atoms with Crippen LogP contribution in [0, 0.1) is 5.95 Å². The first-order chi connectivity index (χ1) is 14.5. The molecule has 30 heavy (non-hydrogen) atoms. The van der Waals surface area contributed by atoms with E-state index in [9.17, 15) is 4.39 Å². The number of aromatic nitrogens is 4. The average molecular weight is 410 g/mol. The van der Waals surface area contributed by atoms with Crippen LogP contribution in [0.2, 0.25) is 0 Å². The molecule has 4 rings (SSSR count). The Balaban J connectivity index is 1.56. The van der Waals surface area contributed by atoms with Crippen LogP contribution in [-0.4, -0.2) is 52.6 Å². The Morgan fingerprint density at radius 3 is 2.47 bits per heavy atom. The molecule has 0 bridgehead atoms. The van der Waals surface area contributed by atoms with E-state index in [4.69, 9.17) is 9.47 Å². The molecule has 3 heterocycles. The molecule has 0 spiro atoms. The molecule has 0 radical (unpaired) electrons. The van der Waals surface area contributed by atoms with Gasteiger partial charge in [-0.15, -0.1) is 5.10 Å². The Bertz CT molecular complexity index is 1010. The number of ether oxygens (including phenoxy) is 2. The van der Waals surface area contributed by atoms with Crippen LogP contribution in [-0.2, 0) is 4.74 Å². The predicted molar refractivity (Wildman–Crippen MR) is 112 cm³/mol. The summed E-state index contributed by atoms with van der Waals surface area (Å²) in [6.07, 6.45) is 1.70. The van der Waals surface area contributed by atoms with Gasteiger partial charge in [0.2, 0.25) is 11.9 Å². The lowest BCUT2D eigenvalue weighted by Crippen LogP contribution is -2.46. The highest BCUT2D eigenvalue weighted by Crippen LogP contribution is 2.25. The van der Waals surface area contributed by atoms with E-state index in [1.165, 1.54) is 6.07 Å². The van der Waals surface area contributed by atoms with Gasteiger partial charge in [-0.05, 0) is 37.6 Å². The molecule has 1 aliphatic rings. The number of nitrogens with one attached hydrogen (secondary N) is 1. The largest absolute Gasteiger partial charge is 0.497 e. The Kier molecular flexibility index (Phi) is 5.71. The van der Waals surface area contributed by atoms with E-state index in [2.05, 4.69) is 25.5 Å². The fourth-order valence-electron chi connectivity index (χ4n) is 3.45. The topological polar surface area (TPSA) is 85.3 Å². The van der Waals surface area contributed by atoms with Crippen LogP contribution in [0.4, 0.5) is 22.0 Å². The fourth-order valence-corrected chi connectivity index (χ4v) is 3.45. The Labute approximate surface area is 174 Å². The van der Waals surface area contributed by atoms with Gasteiger partial charge < -0.3 is 19.7 Å². The molecule has 1 fully saturated rings. The van der Waals surface area contributed by atoms with Crippen LogP contribution >= 0.6 is 0 Å². The fraction of sp³-hybridized carbons (Fsp3) is 0.333. The van der Waals surface area contributed by atoms with Crippen molar-refractivity contribution in [3.63, 3.8) is 0 Å². The summed E-state index contributed by atoms with van der Waals surface area (Å²) in [5, 5.41) is 11.2. The van der Waals surface area contributed by atoms with Crippen LogP contribution < -0.4 is 15.0 Å². The quantitative estimate of drug-likeness (QED) is 0.641. The van der Waals surface area contributed by atoms with Crippen molar-refractivity contribution in [1.82, 2.24) is 20.2 Å². The number of methoxy groups -OCH3 is 1. The van der Waals surface area contributed by atoms with Crippen LogP contribution in [0.25, 0.3) is 11.1 Å². The first-order valence-corrected chi connectivity index (χ1v) is 9.69. The molecule has 1 N–H and O–H groups in total. The minimum Gasteiger partial charge on any atom is -0.497 e. The second-order valence-electron chi connectivity index (χ2n) is 7.22.